The van der Waals surface area contributed by atoms with Crippen molar-refractivity contribution in [2.75, 3.05) is 34.0 Å². The van der Waals surface area contributed by atoms with E-state index in [1.807, 2.05) is 26.0 Å². The maximum Gasteiger partial charge on any atom is 0.290 e. The molecule has 162 valence electrons. The molecule has 1 aromatic heterocycles. The van der Waals surface area contributed by atoms with Crippen molar-refractivity contribution in [3.05, 3.63) is 69.1 Å². The van der Waals surface area contributed by atoms with Crippen LogP contribution in [0.15, 0.2) is 45.6 Å². The van der Waals surface area contributed by atoms with Gasteiger partial charge in [-0.25, -0.2) is 0 Å². The van der Waals surface area contributed by atoms with Gasteiger partial charge in [0.1, 0.15) is 5.58 Å². The molecule has 0 radical (unpaired) electrons. The second-order valence-electron chi connectivity index (χ2n) is 7.41. The molecule has 1 aliphatic rings. The van der Waals surface area contributed by atoms with Gasteiger partial charge >= 0.3 is 0 Å². The Bertz CT molecular complexity index is 1200. The number of amides is 1. The van der Waals surface area contributed by atoms with Crippen molar-refractivity contribution in [2.45, 2.75) is 19.9 Å². The summed E-state index contributed by atoms with van der Waals surface area (Å²) in [6.45, 7) is 4.95. The minimum Gasteiger partial charge on any atom is -0.493 e. The normalized spacial score (nSPS) is 15.4. The minimum atomic E-state index is -0.608. The third kappa shape index (κ3) is 3.55. The summed E-state index contributed by atoms with van der Waals surface area (Å²) in [4.78, 5) is 28.4. The molecule has 2 aromatic carbocycles. The van der Waals surface area contributed by atoms with Crippen LogP contribution in [-0.2, 0) is 4.74 Å². The Hall–Kier alpha value is -3.32. The number of carbonyl (C=O) groups excluding carboxylic acids is 1. The Morgan fingerprint density at radius 1 is 1.06 bits per heavy atom. The lowest BCUT2D eigenvalue weighted by molar-refractivity contribution is 0.0663. The number of carbonyl (C=O) groups is 1. The summed E-state index contributed by atoms with van der Waals surface area (Å²) in [5.74, 6) is 0.885. The van der Waals surface area contributed by atoms with Crippen molar-refractivity contribution in [3.8, 4) is 11.5 Å². The van der Waals surface area contributed by atoms with E-state index in [1.54, 1.807) is 43.4 Å². The number of fused-ring (bicyclic) bond motifs is 2. The van der Waals surface area contributed by atoms with Crippen LogP contribution in [0.3, 0.4) is 0 Å². The van der Waals surface area contributed by atoms with Crippen molar-refractivity contribution in [3.63, 3.8) is 0 Å². The molecule has 0 aliphatic carbocycles. The van der Waals surface area contributed by atoms with Crippen LogP contribution >= 0.6 is 0 Å². The van der Waals surface area contributed by atoms with E-state index < -0.39 is 6.04 Å². The lowest BCUT2D eigenvalue weighted by Crippen LogP contribution is -2.32. The van der Waals surface area contributed by atoms with Crippen LogP contribution in [0.25, 0.3) is 11.0 Å². The average Bonchev–Trinajstić information content (AvgIpc) is 3.05. The fourth-order valence-electron chi connectivity index (χ4n) is 4.03. The monoisotopic (exact) mass is 423 g/mol. The van der Waals surface area contributed by atoms with Gasteiger partial charge in [-0.2, -0.15) is 0 Å². The van der Waals surface area contributed by atoms with Crippen molar-refractivity contribution in [1.82, 2.24) is 4.90 Å². The number of aryl methyl sites for hydroxylation is 1. The molecule has 7 heteroatoms. The Balaban J connectivity index is 1.94. The third-order valence-corrected chi connectivity index (χ3v) is 5.46. The smallest absolute Gasteiger partial charge is 0.290 e. The zero-order chi connectivity index (χ0) is 22.1. The first kappa shape index (κ1) is 20.9. The van der Waals surface area contributed by atoms with Gasteiger partial charge in [0.15, 0.2) is 16.9 Å². The summed E-state index contributed by atoms with van der Waals surface area (Å²) in [5, 5.41) is 0.461. The molecule has 0 fully saturated rings. The fraction of sp³-hybridized carbons (Fsp3) is 0.333. The summed E-state index contributed by atoms with van der Waals surface area (Å²) in [6.07, 6.45) is 0. The molecular weight excluding hydrogens is 398 g/mol. The molecule has 1 aliphatic heterocycles. The number of nitrogens with zero attached hydrogens (tertiary/aromatic N) is 1. The Labute approximate surface area is 180 Å². The number of rotatable bonds is 7. The molecule has 0 N–H and O–H groups in total. The molecular formula is C24H25NO6. The Morgan fingerprint density at radius 2 is 1.87 bits per heavy atom. The highest BCUT2D eigenvalue weighted by atomic mass is 16.5. The Kier molecular flexibility index (Phi) is 5.69. The van der Waals surface area contributed by atoms with Gasteiger partial charge in [-0.3, -0.25) is 9.59 Å². The lowest BCUT2D eigenvalue weighted by Gasteiger charge is -2.25. The molecule has 0 saturated carbocycles. The van der Waals surface area contributed by atoms with Crippen LogP contribution in [0.5, 0.6) is 11.5 Å². The summed E-state index contributed by atoms with van der Waals surface area (Å²) >= 11 is 0. The van der Waals surface area contributed by atoms with Crippen LogP contribution < -0.4 is 14.9 Å². The predicted octanol–water partition coefficient (Wildman–Crippen LogP) is 3.70. The SMILES string of the molecule is CCOc1ccc(C2c3c(oc4ccc(C)cc4c3=O)C(=O)N2CCOC)cc1OC. The molecule has 1 atom stereocenters. The largest absolute Gasteiger partial charge is 0.493 e. The van der Waals surface area contributed by atoms with Crippen LogP contribution in [0.4, 0.5) is 0 Å². The summed E-state index contributed by atoms with van der Waals surface area (Å²) in [6, 6.07) is 10.2. The van der Waals surface area contributed by atoms with Gasteiger partial charge in [0.05, 0.1) is 37.3 Å². The van der Waals surface area contributed by atoms with Gasteiger partial charge in [0, 0.05) is 13.7 Å². The van der Waals surface area contributed by atoms with E-state index in [0.717, 1.165) is 11.1 Å². The highest BCUT2D eigenvalue weighted by Gasteiger charge is 2.42. The third-order valence-electron chi connectivity index (χ3n) is 5.46. The highest BCUT2D eigenvalue weighted by Crippen LogP contribution is 2.40. The molecule has 7 nitrogen and oxygen atoms in total. The summed E-state index contributed by atoms with van der Waals surface area (Å²) in [7, 11) is 3.13. The molecule has 0 saturated heterocycles. The van der Waals surface area contributed by atoms with E-state index in [1.165, 1.54) is 0 Å². The highest BCUT2D eigenvalue weighted by molar-refractivity contribution is 5.99. The topological polar surface area (TPSA) is 78.2 Å². The molecule has 0 spiro atoms. The quantitative estimate of drug-likeness (QED) is 0.577. The van der Waals surface area contributed by atoms with Gasteiger partial charge in [-0.05, 0) is 43.7 Å². The number of ether oxygens (including phenoxy) is 3. The number of benzene rings is 2. The van der Waals surface area contributed by atoms with Crippen LogP contribution in [0.1, 0.15) is 40.2 Å². The first-order valence-corrected chi connectivity index (χ1v) is 10.2. The van der Waals surface area contributed by atoms with Crippen molar-refractivity contribution in [1.29, 1.82) is 0 Å². The standard InChI is InChI=1S/C24H25NO6/c1-5-30-18-9-7-15(13-19(18)29-4)21-20-22(26)16-12-14(2)6-8-17(16)31-23(20)24(27)25(21)10-11-28-3/h6-9,12-13,21H,5,10-11H2,1-4H3. The van der Waals surface area contributed by atoms with Crippen LogP contribution in [-0.4, -0.2) is 44.8 Å². The molecule has 3 aromatic rings. The van der Waals surface area contributed by atoms with E-state index in [2.05, 4.69) is 0 Å². The minimum absolute atomic E-state index is 0.0790. The molecule has 2 heterocycles. The van der Waals surface area contributed by atoms with Gasteiger partial charge in [-0.1, -0.05) is 17.7 Å². The van der Waals surface area contributed by atoms with Gasteiger partial charge < -0.3 is 23.5 Å². The van der Waals surface area contributed by atoms with E-state index in [0.29, 0.717) is 47.8 Å². The van der Waals surface area contributed by atoms with Crippen LogP contribution in [0.2, 0.25) is 0 Å². The number of methoxy groups -OCH3 is 2. The van der Waals surface area contributed by atoms with E-state index >= 15 is 0 Å². The fourth-order valence-corrected chi connectivity index (χ4v) is 4.03. The van der Waals surface area contributed by atoms with E-state index in [4.69, 9.17) is 18.6 Å². The maximum absolute atomic E-state index is 13.5. The molecule has 31 heavy (non-hydrogen) atoms. The van der Waals surface area contributed by atoms with Gasteiger partial charge in [0.25, 0.3) is 5.91 Å². The van der Waals surface area contributed by atoms with Gasteiger partial charge in [-0.15, -0.1) is 0 Å². The first-order valence-electron chi connectivity index (χ1n) is 10.2. The number of hydrogen-bond acceptors (Lipinski definition) is 6. The maximum atomic E-state index is 13.5. The van der Waals surface area contributed by atoms with Crippen molar-refractivity contribution < 1.29 is 23.4 Å². The number of hydrogen-bond donors (Lipinski definition) is 0. The molecule has 0 bridgehead atoms. The molecule has 4 rings (SSSR count). The second kappa shape index (κ2) is 8.43. The molecule has 1 amide bonds. The van der Waals surface area contributed by atoms with Crippen molar-refractivity contribution in [2.24, 2.45) is 0 Å². The zero-order valence-electron chi connectivity index (χ0n) is 18.1. The second-order valence-corrected chi connectivity index (χ2v) is 7.41. The van der Waals surface area contributed by atoms with Crippen LogP contribution in [0, 0.1) is 6.92 Å². The van der Waals surface area contributed by atoms with E-state index in [9.17, 15) is 9.59 Å². The lowest BCUT2D eigenvalue weighted by atomic mass is 9.97. The predicted molar refractivity (Wildman–Crippen MR) is 116 cm³/mol. The summed E-state index contributed by atoms with van der Waals surface area (Å²) in [5.41, 5.74) is 2.22. The van der Waals surface area contributed by atoms with Crippen molar-refractivity contribution >= 4 is 16.9 Å². The first-order chi connectivity index (χ1) is 15.0. The Morgan fingerprint density at radius 3 is 2.58 bits per heavy atom. The van der Waals surface area contributed by atoms with E-state index in [-0.39, 0.29) is 17.1 Å². The summed E-state index contributed by atoms with van der Waals surface area (Å²) < 4.78 is 22.3. The average molecular weight is 423 g/mol. The zero-order valence-corrected chi connectivity index (χ0v) is 18.1. The van der Waals surface area contributed by atoms with Gasteiger partial charge in [0.2, 0.25) is 5.76 Å². The molecule has 1 unspecified atom stereocenters.